The van der Waals surface area contributed by atoms with Crippen molar-refractivity contribution in [2.24, 2.45) is 4.99 Å². The van der Waals surface area contributed by atoms with E-state index in [0.29, 0.717) is 0 Å². The summed E-state index contributed by atoms with van der Waals surface area (Å²) in [5.74, 6) is 0. The molecule has 9 aromatic carbocycles. The third kappa shape index (κ3) is 5.79. The Balaban J connectivity index is 0.978. The normalized spacial score (nSPS) is 14.1. The molecular formula is C59H38N4O. The van der Waals surface area contributed by atoms with Gasteiger partial charge in [-0.15, -0.1) is 0 Å². The molecule has 3 aromatic heterocycles. The predicted molar refractivity (Wildman–Crippen MR) is 265 cm³/mol. The van der Waals surface area contributed by atoms with Gasteiger partial charge in [0.05, 0.1) is 28.0 Å². The van der Waals surface area contributed by atoms with E-state index >= 15 is 0 Å². The first-order chi connectivity index (χ1) is 31.7. The van der Waals surface area contributed by atoms with Gasteiger partial charge < -0.3 is 14.3 Å². The van der Waals surface area contributed by atoms with Crippen LogP contribution in [0.3, 0.4) is 0 Å². The van der Waals surface area contributed by atoms with E-state index in [1.807, 2.05) is 12.1 Å². The van der Waals surface area contributed by atoms with E-state index in [-0.39, 0.29) is 6.17 Å². The number of para-hydroxylation sites is 4. The molecule has 1 atom stereocenters. The molecule has 0 fully saturated rings. The molecule has 0 saturated carbocycles. The fourth-order valence-corrected chi connectivity index (χ4v) is 9.89. The number of aromatic nitrogens is 2. The molecule has 0 radical (unpaired) electrons. The maximum atomic E-state index is 6.66. The molecule has 1 N–H and O–H groups in total. The SMILES string of the molecule is C1=C(c2ccccc2)NC(c2ccc(-c3c4c(cc5c(-c6ccccc6)nc6ccccc6c35)oc3ccccc34)cc2)N=C1c1cccc(-n2c3ccccc3c3ccccc32)c1. The van der Waals surface area contributed by atoms with Crippen LogP contribution < -0.4 is 5.32 Å². The number of allylic oxidation sites excluding steroid dienone is 1. The summed E-state index contributed by atoms with van der Waals surface area (Å²) >= 11 is 0. The number of hydrogen-bond acceptors (Lipinski definition) is 4. The maximum absolute atomic E-state index is 6.66. The van der Waals surface area contributed by atoms with E-state index in [1.54, 1.807) is 0 Å². The smallest absolute Gasteiger partial charge is 0.145 e. The Morgan fingerprint density at radius 1 is 0.453 bits per heavy atom. The van der Waals surface area contributed by atoms with Crippen molar-refractivity contribution in [1.82, 2.24) is 14.9 Å². The molecular weight excluding hydrogens is 781 g/mol. The van der Waals surface area contributed by atoms with Crippen molar-refractivity contribution in [3.05, 3.63) is 235 Å². The third-order valence-corrected chi connectivity index (χ3v) is 12.8. The van der Waals surface area contributed by atoms with Crippen molar-refractivity contribution in [3.8, 4) is 28.1 Å². The molecule has 0 spiro atoms. The van der Waals surface area contributed by atoms with Crippen molar-refractivity contribution < 1.29 is 4.42 Å². The first-order valence-corrected chi connectivity index (χ1v) is 21.8. The second-order valence-corrected chi connectivity index (χ2v) is 16.5. The highest BCUT2D eigenvalue weighted by molar-refractivity contribution is 6.27. The quantitative estimate of drug-likeness (QED) is 0.170. The number of fused-ring (bicyclic) bond motifs is 9. The van der Waals surface area contributed by atoms with Gasteiger partial charge in [0.15, 0.2) is 0 Å². The molecule has 1 aliphatic heterocycles. The highest BCUT2D eigenvalue weighted by Gasteiger charge is 2.24. The standard InChI is InChI=1S/C59H38N4O/c1-3-16-37(17-4-1)49-36-50(41-20-15-21-42(34-41)63-51-27-12-8-22-43(51)44-23-9-13-28-52(44)63)62-59(61-49)40-32-30-38(31-33-40)55-56-45-24-7-11-26-48(45)60-58(39-18-5-2-6-19-39)47(56)35-54-57(55)46-25-10-14-29-53(46)64-54/h1-36,59,61H. The summed E-state index contributed by atoms with van der Waals surface area (Å²) in [5.41, 5.74) is 15.5. The molecule has 300 valence electrons. The molecule has 13 rings (SSSR count). The lowest BCUT2D eigenvalue weighted by Crippen LogP contribution is -2.24. The van der Waals surface area contributed by atoms with Gasteiger partial charge in [0.1, 0.15) is 17.3 Å². The van der Waals surface area contributed by atoms with Gasteiger partial charge in [0, 0.05) is 65.8 Å². The Kier molecular flexibility index (Phi) is 8.21. The van der Waals surface area contributed by atoms with Gasteiger partial charge in [-0.1, -0.05) is 170 Å². The minimum atomic E-state index is -0.335. The molecule has 0 bridgehead atoms. The fourth-order valence-electron chi connectivity index (χ4n) is 9.89. The fraction of sp³-hybridized carbons (Fsp3) is 0.0169. The Labute approximate surface area is 368 Å². The Morgan fingerprint density at radius 2 is 1.08 bits per heavy atom. The number of nitrogens with one attached hydrogen (secondary N) is 1. The minimum Gasteiger partial charge on any atom is -0.456 e. The number of benzene rings is 9. The number of furan rings is 1. The largest absolute Gasteiger partial charge is 0.456 e. The molecule has 4 heterocycles. The van der Waals surface area contributed by atoms with Gasteiger partial charge in [0.2, 0.25) is 0 Å². The van der Waals surface area contributed by atoms with Gasteiger partial charge in [0.25, 0.3) is 0 Å². The van der Waals surface area contributed by atoms with Crippen molar-refractivity contribution >= 4 is 76.8 Å². The van der Waals surface area contributed by atoms with E-state index in [4.69, 9.17) is 14.4 Å². The second-order valence-electron chi connectivity index (χ2n) is 16.5. The molecule has 1 unspecified atom stereocenters. The summed E-state index contributed by atoms with van der Waals surface area (Å²) in [5, 5.41) is 11.8. The molecule has 0 aliphatic carbocycles. The van der Waals surface area contributed by atoms with Crippen molar-refractivity contribution in [2.75, 3.05) is 0 Å². The average Bonchev–Trinajstić information content (AvgIpc) is 3.92. The number of pyridine rings is 1. The molecule has 0 saturated heterocycles. The molecule has 5 nitrogen and oxygen atoms in total. The summed E-state index contributed by atoms with van der Waals surface area (Å²) in [6.07, 6.45) is 1.85. The van der Waals surface area contributed by atoms with Crippen LogP contribution in [0.25, 0.3) is 99.2 Å². The van der Waals surface area contributed by atoms with Gasteiger partial charge in [-0.3, -0.25) is 4.99 Å². The van der Waals surface area contributed by atoms with Crippen LogP contribution in [0.4, 0.5) is 0 Å². The summed E-state index contributed by atoms with van der Waals surface area (Å²) in [7, 11) is 0. The summed E-state index contributed by atoms with van der Waals surface area (Å²) in [6.45, 7) is 0. The lowest BCUT2D eigenvalue weighted by molar-refractivity contribution is 0.664. The molecule has 5 heteroatoms. The first kappa shape index (κ1) is 36.1. The Bertz CT molecular complexity index is 3810. The van der Waals surface area contributed by atoms with Gasteiger partial charge in [-0.05, 0) is 65.2 Å². The number of rotatable bonds is 6. The van der Waals surface area contributed by atoms with E-state index in [0.717, 1.165) is 99.8 Å². The summed E-state index contributed by atoms with van der Waals surface area (Å²) in [6, 6.07) is 75.1. The van der Waals surface area contributed by atoms with Crippen LogP contribution in [0, 0.1) is 0 Å². The van der Waals surface area contributed by atoms with Crippen LogP contribution in [0.15, 0.2) is 228 Å². The van der Waals surface area contributed by atoms with Crippen LogP contribution in [0.5, 0.6) is 0 Å². The average molecular weight is 819 g/mol. The predicted octanol–water partition coefficient (Wildman–Crippen LogP) is 14.9. The topological polar surface area (TPSA) is 55.4 Å². The van der Waals surface area contributed by atoms with Gasteiger partial charge in [-0.2, -0.15) is 0 Å². The van der Waals surface area contributed by atoms with E-state index in [1.165, 1.54) is 21.8 Å². The monoisotopic (exact) mass is 818 g/mol. The Morgan fingerprint density at radius 3 is 1.83 bits per heavy atom. The van der Waals surface area contributed by atoms with Crippen LogP contribution in [0.2, 0.25) is 0 Å². The summed E-state index contributed by atoms with van der Waals surface area (Å²) < 4.78 is 9.03. The van der Waals surface area contributed by atoms with Crippen LogP contribution in [-0.4, -0.2) is 15.3 Å². The molecule has 0 amide bonds. The minimum absolute atomic E-state index is 0.335. The maximum Gasteiger partial charge on any atom is 0.145 e. The van der Waals surface area contributed by atoms with Crippen LogP contribution in [-0.2, 0) is 0 Å². The van der Waals surface area contributed by atoms with Crippen LogP contribution >= 0.6 is 0 Å². The van der Waals surface area contributed by atoms with E-state index < -0.39 is 0 Å². The lowest BCUT2D eigenvalue weighted by atomic mass is 9.89. The zero-order valence-electron chi connectivity index (χ0n) is 34.6. The van der Waals surface area contributed by atoms with Gasteiger partial charge >= 0.3 is 0 Å². The number of nitrogens with zero attached hydrogens (tertiary/aromatic N) is 3. The van der Waals surface area contributed by atoms with Gasteiger partial charge in [-0.25, -0.2) is 4.98 Å². The second kappa shape index (κ2) is 14.5. The number of hydrogen-bond donors (Lipinski definition) is 1. The van der Waals surface area contributed by atoms with Crippen molar-refractivity contribution in [3.63, 3.8) is 0 Å². The first-order valence-electron chi connectivity index (χ1n) is 21.8. The molecule has 64 heavy (non-hydrogen) atoms. The number of aliphatic imine (C=N–C) groups is 1. The van der Waals surface area contributed by atoms with Crippen molar-refractivity contribution in [2.45, 2.75) is 6.17 Å². The lowest BCUT2D eigenvalue weighted by Gasteiger charge is -2.25. The molecule has 1 aliphatic rings. The highest BCUT2D eigenvalue weighted by Crippen LogP contribution is 2.46. The van der Waals surface area contributed by atoms with Crippen LogP contribution in [0.1, 0.15) is 22.9 Å². The zero-order valence-corrected chi connectivity index (χ0v) is 34.6. The van der Waals surface area contributed by atoms with E-state index in [2.05, 4.69) is 216 Å². The zero-order chi connectivity index (χ0) is 42.1. The summed E-state index contributed by atoms with van der Waals surface area (Å²) in [4.78, 5) is 10.7. The molecule has 12 aromatic rings. The Hall–Kier alpha value is -8.54. The highest BCUT2D eigenvalue weighted by atomic mass is 16.3. The van der Waals surface area contributed by atoms with E-state index in [9.17, 15) is 0 Å². The third-order valence-electron chi connectivity index (χ3n) is 12.8. The van der Waals surface area contributed by atoms with Crippen molar-refractivity contribution in [1.29, 1.82) is 0 Å².